The maximum absolute atomic E-state index is 12.4. The second-order valence-corrected chi connectivity index (χ2v) is 2.10. The highest BCUT2D eigenvalue weighted by Gasteiger charge is 1.95. The second-order valence-electron chi connectivity index (χ2n) is 1.67. The predicted molar refractivity (Wildman–Crippen MR) is 47.2 cm³/mol. The monoisotopic (exact) mass is 175 g/mol. The summed E-state index contributed by atoms with van der Waals surface area (Å²) < 4.78 is 12.4. The van der Waals surface area contributed by atoms with Crippen LogP contribution in [0.3, 0.4) is 0 Å². The van der Waals surface area contributed by atoms with Gasteiger partial charge in [-0.1, -0.05) is 25.4 Å². The minimum atomic E-state index is -0.470. The molecule has 3 heteroatoms. The molecule has 0 aliphatic rings. The van der Waals surface area contributed by atoms with Crippen LogP contribution in [-0.2, 0) is 0 Å². The van der Waals surface area contributed by atoms with Crippen molar-refractivity contribution in [2.24, 2.45) is 0 Å². The minimum absolute atomic E-state index is 0.124. The molecule has 0 fully saturated rings. The molecular weight excluding hydrogens is 165 g/mol. The first-order valence-corrected chi connectivity index (χ1v) is 3.78. The van der Waals surface area contributed by atoms with Gasteiger partial charge in [-0.05, 0) is 18.2 Å². The maximum Gasteiger partial charge on any atom is 0.147 e. The number of nitrogen functional groups attached to an aromatic ring is 1. The maximum atomic E-state index is 12.4. The number of halogens is 2. The average molecular weight is 176 g/mol. The minimum Gasteiger partial charge on any atom is -0.396 e. The lowest BCUT2D eigenvalue weighted by Gasteiger charge is -1.93. The Morgan fingerprint density at radius 1 is 1.36 bits per heavy atom. The van der Waals surface area contributed by atoms with Gasteiger partial charge in [-0.3, -0.25) is 0 Å². The zero-order valence-electron chi connectivity index (χ0n) is 6.57. The fraction of sp³-hybridized carbons (Fsp3) is 0.250. The fourth-order valence-electron chi connectivity index (χ4n) is 0.502. The highest BCUT2D eigenvalue weighted by atomic mass is 35.5. The quantitative estimate of drug-likeness (QED) is 0.603. The Hall–Kier alpha value is -0.760. The van der Waals surface area contributed by atoms with Crippen LogP contribution in [0.2, 0.25) is 5.02 Å². The first-order chi connectivity index (χ1) is 5.20. The van der Waals surface area contributed by atoms with Crippen molar-refractivity contribution in [2.45, 2.75) is 13.8 Å². The molecule has 2 N–H and O–H groups in total. The Bertz CT molecular complexity index is 225. The molecule has 1 rings (SSSR count). The summed E-state index contributed by atoms with van der Waals surface area (Å²) in [6.45, 7) is 4.00. The van der Waals surface area contributed by atoms with Crippen LogP contribution >= 0.6 is 11.6 Å². The van der Waals surface area contributed by atoms with Crippen LogP contribution in [0.1, 0.15) is 13.8 Å². The molecule has 1 aromatic rings. The molecule has 0 unspecified atom stereocenters. The van der Waals surface area contributed by atoms with E-state index in [1.165, 1.54) is 12.1 Å². The van der Waals surface area contributed by atoms with E-state index < -0.39 is 5.82 Å². The van der Waals surface area contributed by atoms with Crippen LogP contribution in [0.25, 0.3) is 0 Å². The van der Waals surface area contributed by atoms with Crippen LogP contribution < -0.4 is 5.73 Å². The number of benzene rings is 1. The van der Waals surface area contributed by atoms with Gasteiger partial charge in [-0.15, -0.1) is 0 Å². The van der Waals surface area contributed by atoms with E-state index in [1.54, 1.807) is 6.07 Å². The van der Waals surface area contributed by atoms with E-state index in [-0.39, 0.29) is 5.69 Å². The van der Waals surface area contributed by atoms with Crippen molar-refractivity contribution in [3.8, 4) is 0 Å². The molecule has 0 spiro atoms. The molecule has 0 amide bonds. The molecule has 0 saturated heterocycles. The first kappa shape index (κ1) is 10.2. The highest BCUT2D eigenvalue weighted by Crippen LogP contribution is 2.15. The van der Waals surface area contributed by atoms with Gasteiger partial charge in [-0.2, -0.15) is 0 Å². The Labute approximate surface area is 71.0 Å². The lowest BCUT2D eigenvalue weighted by atomic mass is 10.3. The van der Waals surface area contributed by atoms with Crippen molar-refractivity contribution in [3.63, 3.8) is 0 Å². The number of anilines is 1. The summed E-state index contributed by atoms with van der Waals surface area (Å²) in [7, 11) is 0. The van der Waals surface area contributed by atoms with E-state index in [0.717, 1.165) is 0 Å². The molecule has 0 bridgehead atoms. The smallest absolute Gasteiger partial charge is 0.147 e. The van der Waals surface area contributed by atoms with Crippen molar-refractivity contribution >= 4 is 17.3 Å². The van der Waals surface area contributed by atoms with Gasteiger partial charge in [0.2, 0.25) is 0 Å². The van der Waals surface area contributed by atoms with Gasteiger partial charge in [0.25, 0.3) is 0 Å². The molecule has 0 atom stereocenters. The van der Waals surface area contributed by atoms with E-state index in [0.29, 0.717) is 5.02 Å². The van der Waals surface area contributed by atoms with Crippen molar-refractivity contribution in [2.75, 3.05) is 5.73 Å². The topological polar surface area (TPSA) is 26.0 Å². The Morgan fingerprint density at radius 2 is 1.91 bits per heavy atom. The summed E-state index contributed by atoms with van der Waals surface area (Å²) in [6.07, 6.45) is 0. The molecule has 11 heavy (non-hydrogen) atoms. The van der Waals surface area contributed by atoms with E-state index in [9.17, 15) is 4.39 Å². The third kappa shape index (κ3) is 3.23. The number of nitrogens with two attached hydrogens (primary N) is 1. The zero-order valence-corrected chi connectivity index (χ0v) is 7.32. The summed E-state index contributed by atoms with van der Waals surface area (Å²) in [5, 5.41) is 0.363. The molecular formula is C8H11ClFN. The van der Waals surface area contributed by atoms with Crippen molar-refractivity contribution in [1.82, 2.24) is 0 Å². The van der Waals surface area contributed by atoms with E-state index in [2.05, 4.69) is 0 Å². The van der Waals surface area contributed by atoms with Gasteiger partial charge in [0.05, 0.1) is 5.69 Å². The molecule has 0 aliphatic carbocycles. The van der Waals surface area contributed by atoms with Crippen LogP contribution in [0.15, 0.2) is 18.2 Å². The van der Waals surface area contributed by atoms with Crippen LogP contribution in [0.4, 0.5) is 10.1 Å². The van der Waals surface area contributed by atoms with Gasteiger partial charge in [0.1, 0.15) is 5.82 Å². The highest BCUT2D eigenvalue weighted by molar-refractivity contribution is 6.30. The molecule has 0 heterocycles. The van der Waals surface area contributed by atoms with Crippen molar-refractivity contribution in [3.05, 3.63) is 29.0 Å². The summed E-state index contributed by atoms with van der Waals surface area (Å²) in [6, 6.07) is 4.15. The van der Waals surface area contributed by atoms with Gasteiger partial charge in [0, 0.05) is 5.02 Å². The first-order valence-electron chi connectivity index (χ1n) is 3.40. The van der Waals surface area contributed by atoms with Crippen LogP contribution in [0, 0.1) is 5.82 Å². The Balaban J connectivity index is 0.000000461. The van der Waals surface area contributed by atoms with Gasteiger partial charge in [0.15, 0.2) is 0 Å². The van der Waals surface area contributed by atoms with E-state index in [4.69, 9.17) is 17.3 Å². The summed E-state index contributed by atoms with van der Waals surface area (Å²) in [5.74, 6) is -0.470. The number of hydrogen-bond donors (Lipinski definition) is 1. The standard InChI is InChI=1S/C6H5ClFN.C2H6/c7-4-1-2-6(9)5(8)3-4;1-2/h1-3H,9H2;1-2H3. The third-order valence-corrected chi connectivity index (χ3v) is 1.20. The van der Waals surface area contributed by atoms with E-state index in [1.807, 2.05) is 13.8 Å². The lowest BCUT2D eigenvalue weighted by molar-refractivity contribution is 0.632. The molecule has 0 aliphatic heterocycles. The van der Waals surface area contributed by atoms with Crippen molar-refractivity contribution in [1.29, 1.82) is 0 Å². The summed E-state index contributed by atoms with van der Waals surface area (Å²) in [5.41, 5.74) is 5.28. The lowest BCUT2D eigenvalue weighted by Crippen LogP contribution is -1.88. The normalized spacial score (nSPS) is 8.36. The fourth-order valence-corrected chi connectivity index (χ4v) is 0.660. The predicted octanol–water partition coefficient (Wildman–Crippen LogP) is 3.09. The van der Waals surface area contributed by atoms with Crippen LogP contribution in [0.5, 0.6) is 0 Å². The molecule has 1 nitrogen and oxygen atoms in total. The summed E-state index contributed by atoms with van der Waals surface area (Å²) in [4.78, 5) is 0. The largest absolute Gasteiger partial charge is 0.396 e. The third-order valence-electron chi connectivity index (χ3n) is 0.962. The molecule has 62 valence electrons. The average Bonchev–Trinajstić information content (AvgIpc) is 2.02. The molecule has 0 aromatic heterocycles. The van der Waals surface area contributed by atoms with E-state index >= 15 is 0 Å². The summed E-state index contributed by atoms with van der Waals surface area (Å²) >= 11 is 5.42. The Morgan fingerprint density at radius 3 is 2.27 bits per heavy atom. The molecule has 0 saturated carbocycles. The zero-order chi connectivity index (χ0) is 8.85. The van der Waals surface area contributed by atoms with Gasteiger partial charge in [-0.25, -0.2) is 4.39 Å². The molecule has 0 radical (unpaired) electrons. The SMILES string of the molecule is CC.Nc1ccc(Cl)cc1F. The Kier molecular flexibility index (Phi) is 4.62. The second kappa shape index (κ2) is 4.97. The van der Waals surface area contributed by atoms with Crippen molar-refractivity contribution < 1.29 is 4.39 Å². The number of hydrogen-bond acceptors (Lipinski definition) is 1. The number of rotatable bonds is 0. The van der Waals surface area contributed by atoms with Crippen LogP contribution in [-0.4, -0.2) is 0 Å². The van der Waals surface area contributed by atoms with Gasteiger partial charge >= 0.3 is 0 Å². The van der Waals surface area contributed by atoms with Gasteiger partial charge < -0.3 is 5.73 Å². The molecule has 1 aromatic carbocycles.